The van der Waals surface area contributed by atoms with Crippen LogP contribution in [-0.4, -0.2) is 41.3 Å². The van der Waals surface area contributed by atoms with Crippen molar-refractivity contribution in [3.05, 3.63) is 17.7 Å². The van der Waals surface area contributed by atoms with Gasteiger partial charge < -0.3 is 15.1 Å². The molecule has 0 aromatic heterocycles. The van der Waals surface area contributed by atoms with Gasteiger partial charge in [0, 0.05) is 31.3 Å². The van der Waals surface area contributed by atoms with Crippen LogP contribution < -0.4 is 4.90 Å². The SMILES string of the molecule is CCCCN(CCCC)Cc1cc(O)c(N(CCCC)CCCC)cc1O. The molecule has 1 aromatic carbocycles. The zero-order valence-corrected chi connectivity index (χ0v) is 18.1. The summed E-state index contributed by atoms with van der Waals surface area (Å²) in [5, 5.41) is 21.3. The van der Waals surface area contributed by atoms with E-state index in [4.69, 9.17) is 0 Å². The molecule has 0 radical (unpaired) electrons. The lowest BCUT2D eigenvalue weighted by molar-refractivity contribution is 0.253. The molecule has 27 heavy (non-hydrogen) atoms. The van der Waals surface area contributed by atoms with Crippen LogP contribution in [-0.2, 0) is 6.54 Å². The Bertz CT molecular complexity index is 503. The summed E-state index contributed by atoms with van der Waals surface area (Å²) in [6.45, 7) is 13.4. The molecular weight excluding hydrogens is 336 g/mol. The van der Waals surface area contributed by atoms with Crippen LogP contribution >= 0.6 is 0 Å². The number of benzene rings is 1. The number of aromatic hydroxyl groups is 2. The molecule has 0 amide bonds. The molecule has 0 aliphatic heterocycles. The molecule has 0 spiro atoms. The third-order valence-electron chi connectivity index (χ3n) is 5.13. The van der Waals surface area contributed by atoms with Gasteiger partial charge in [-0.1, -0.05) is 53.4 Å². The van der Waals surface area contributed by atoms with Crippen molar-refractivity contribution in [3.8, 4) is 11.5 Å². The predicted octanol–water partition coefficient (Wildman–Crippen LogP) is 5.91. The van der Waals surface area contributed by atoms with Gasteiger partial charge in [0.15, 0.2) is 0 Å². The zero-order chi connectivity index (χ0) is 20.1. The topological polar surface area (TPSA) is 46.9 Å². The average Bonchev–Trinajstić information content (AvgIpc) is 2.66. The van der Waals surface area contributed by atoms with Crippen molar-refractivity contribution in [2.45, 2.75) is 85.6 Å². The fraction of sp³-hybridized carbons (Fsp3) is 0.739. The van der Waals surface area contributed by atoms with Crippen LogP contribution in [0.5, 0.6) is 11.5 Å². The quantitative estimate of drug-likeness (QED) is 0.373. The van der Waals surface area contributed by atoms with Crippen LogP contribution in [0.15, 0.2) is 12.1 Å². The second-order valence-electron chi connectivity index (χ2n) is 7.65. The van der Waals surface area contributed by atoms with Crippen LogP contribution in [0, 0.1) is 0 Å². The average molecular weight is 379 g/mol. The van der Waals surface area contributed by atoms with Gasteiger partial charge in [-0.2, -0.15) is 0 Å². The van der Waals surface area contributed by atoms with E-state index in [0.717, 1.165) is 76.0 Å². The lowest BCUT2D eigenvalue weighted by Gasteiger charge is -2.27. The van der Waals surface area contributed by atoms with Gasteiger partial charge in [-0.15, -0.1) is 0 Å². The second kappa shape index (κ2) is 13.7. The van der Waals surface area contributed by atoms with Crippen LogP contribution in [0.25, 0.3) is 0 Å². The van der Waals surface area contributed by atoms with Crippen molar-refractivity contribution in [2.75, 3.05) is 31.1 Å². The van der Waals surface area contributed by atoms with Crippen molar-refractivity contribution in [1.82, 2.24) is 4.90 Å². The molecule has 1 aromatic rings. The fourth-order valence-corrected chi connectivity index (χ4v) is 3.31. The maximum absolute atomic E-state index is 10.7. The van der Waals surface area contributed by atoms with Crippen molar-refractivity contribution < 1.29 is 10.2 Å². The molecule has 4 nitrogen and oxygen atoms in total. The monoisotopic (exact) mass is 378 g/mol. The molecule has 0 heterocycles. The normalized spacial score (nSPS) is 11.3. The standard InChI is InChI=1S/C23H42N2O2/c1-5-9-13-24(14-10-6-2)19-20-17-23(27)21(18-22(20)26)25(15-11-7-3)16-12-8-4/h17-18,26-27H,5-16,19H2,1-4H3. The van der Waals surface area contributed by atoms with Crippen LogP contribution in [0.1, 0.15) is 84.6 Å². The van der Waals surface area contributed by atoms with Crippen molar-refractivity contribution in [3.63, 3.8) is 0 Å². The largest absolute Gasteiger partial charge is 0.508 e. The summed E-state index contributed by atoms with van der Waals surface area (Å²) in [6.07, 6.45) is 9.09. The van der Waals surface area contributed by atoms with E-state index in [1.807, 2.05) is 0 Å². The molecule has 0 aliphatic rings. The summed E-state index contributed by atoms with van der Waals surface area (Å²) in [4.78, 5) is 4.62. The van der Waals surface area contributed by atoms with Gasteiger partial charge in [-0.3, -0.25) is 4.90 Å². The summed E-state index contributed by atoms with van der Waals surface area (Å²) in [5.41, 5.74) is 1.60. The van der Waals surface area contributed by atoms with Gasteiger partial charge in [-0.25, -0.2) is 0 Å². The Morgan fingerprint density at radius 3 is 1.63 bits per heavy atom. The summed E-state index contributed by atoms with van der Waals surface area (Å²) >= 11 is 0. The Hall–Kier alpha value is -1.42. The number of anilines is 1. The minimum Gasteiger partial charge on any atom is -0.508 e. The van der Waals surface area contributed by atoms with Gasteiger partial charge in [0.2, 0.25) is 0 Å². The van der Waals surface area contributed by atoms with Gasteiger partial charge in [-0.05, 0) is 44.8 Å². The van der Waals surface area contributed by atoms with E-state index in [2.05, 4.69) is 37.5 Å². The van der Waals surface area contributed by atoms with E-state index in [1.54, 1.807) is 12.1 Å². The number of nitrogens with zero attached hydrogens (tertiary/aromatic N) is 2. The maximum atomic E-state index is 10.7. The Morgan fingerprint density at radius 1 is 0.667 bits per heavy atom. The van der Waals surface area contributed by atoms with Crippen molar-refractivity contribution in [1.29, 1.82) is 0 Å². The van der Waals surface area contributed by atoms with E-state index < -0.39 is 0 Å². The highest BCUT2D eigenvalue weighted by Gasteiger charge is 2.16. The first-order valence-corrected chi connectivity index (χ1v) is 11.1. The predicted molar refractivity (Wildman–Crippen MR) is 117 cm³/mol. The summed E-state index contributed by atoms with van der Waals surface area (Å²) in [5.74, 6) is 0.597. The molecule has 0 atom stereocenters. The lowest BCUT2D eigenvalue weighted by Crippen LogP contribution is -2.27. The minimum atomic E-state index is 0.293. The van der Waals surface area contributed by atoms with Gasteiger partial charge in [0.25, 0.3) is 0 Å². The van der Waals surface area contributed by atoms with Crippen molar-refractivity contribution >= 4 is 5.69 Å². The molecule has 4 heteroatoms. The molecule has 0 unspecified atom stereocenters. The third kappa shape index (κ3) is 8.42. The third-order valence-corrected chi connectivity index (χ3v) is 5.13. The van der Waals surface area contributed by atoms with Gasteiger partial charge in [0.05, 0.1) is 5.69 Å². The first-order valence-electron chi connectivity index (χ1n) is 11.1. The number of phenols is 2. The van der Waals surface area contributed by atoms with Gasteiger partial charge in [0.1, 0.15) is 11.5 Å². The van der Waals surface area contributed by atoms with E-state index in [9.17, 15) is 10.2 Å². The molecular formula is C23H42N2O2. The molecule has 0 saturated carbocycles. The summed E-state index contributed by atoms with van der Waals surface area (Å²) in [7, 11) is 0. The molecule has 0 bridgehead atoms. The van der Waals surface area contributed by atoms with Crippen molar-refractivity contribution in [2.24, 2.45) is 0 Å². The van der Waals surface area contributed by atoms with Crippen LogP contribution in [0.4, 0.5) is 5.69 Å². The second-order valence-corrected chi connectivity index (χ2v) is 7.65. The zero-order valence-electron chi connectivity index (χ0n) is 18.1. The fourth-order valence-electron chi connectivity index (χ4n) is 3.31. The molecule has 0 saturated heterocycles. The minimum absolute atomic E-state index is 0.293. The molecule has 1 rings (SSSR count). The Balaban J connectivity index is 2.95. The molecule has 156 valence electrons. The summed E-state index contributed by atoms with van der Waals surface area (Å²) in [6, 6.07) is 3.55. The first-order chi connectivity index (χ1) is 13.1. The Labute approximate surface area is 167 Å². The van der Waals surface area contributed by atoms with E-state index in [1.165, 1.54) is 12.8 Å². The van der Waals surface area contributed by atoms with E-state index in [0.29, 0.717) is 18.0 Å². The molecule has 0 aliphatic carbocycles. The number of rotatable bonds is 15. The summed E-state index contributed by atoms with van der Waals surface area (Å²) < 4.78 is 0. The Morgan fingerprint density at radius 2 is 1.15 bits per heavy atom. The number of phenolic OH excluding ortho intramolecular Hbond substituents is 2. The molecule has 0 fully saturated rings. The van der Waals surface area contributed by atoms with Crippen LogP contribution in [0.2, 0.25) is 0 Å². The molecule has 2 N–H and O–H groups in total. The highest BCUT2D eigenvalue weighted by molar-refractivity contribution is 5.63. The number of unbranched alkanes of at least 4 members (excludes halogenated alkanes) is 4. The first kappa shape index (κ1) is 23.6. The highest BCUT2D eigenvalue weighted by atomic mass is 16.3. The van der Waals surface area contributed by atoms with Gasteiger partial charge >= 0.3 is 0 Å². The lowest BCUT2D eigenvalue weighted by atomic mass is 10.1. The van der Waals surface area contributed by atoms with E-state index >= 15 is 0 Å². The maximum Gasteiger partial charge on any atom is 0.139 e. The number of hydrogen-bond donors (Lipinski definition) is 2. The smallest absolute Gasteiger partial charge is 0.139 e. The number of hydrogen-bond acceptors (Lipinski definition) is 4. The van der Waals surface area contributed by atoms with E-state index in [-0.39, 0.29) is 0 Å². The highest BCUT2D eigenvalue weighted by Crippen LogP contribution is 2.35. The Kier molecular flexibility index (Phi) is 12.0. The van der Waals surface area contributed by atoms with Crippen LogP contribution in [0.3, 0.4) is 0 Å².